The maximum atomic E-state index is 13.5. The molecule has 2 rings (SSSR count). The Kier molecular flexibility index (Phi) is 3.46. The summed E-state index contributed by atoms with van der Waals surface area (Å²) in [6.45, 7) is 3.82. The molecule has 6 nitrogen and oxygen atoms in total. The highest BCUT2D eigenvalue weighted by Gasteiger charge is 2.13. The third kappa shape index (κ3) is 2.70. The van der Waals surface area contributed by atoms with Crippen LogP contribution in [-0.2, 0) is 6.54 Å². The van der Waals surface area contributed by atoms with Crippen molar-refractivity contribution in [1.82, 2.24) is 5.16 Å². The molecule has 100 valence electrons. The Bertz CT molecular complexity index is 605. The third-order valence-corrected chi connectivity index (χ3v) is 2.80. The largest absolute Gasteiger partial charge is 0.378 e. The molecule has 0 fully saturated rings. The molecule has 0 spiro atoms. The van der Waals surface area contributed by atoms with Gasteiger partial charge >= 0.3 is 0 Å². The van der Waals surface area contributed by atoms with Gasteiger partial charge in [0, 0.05) is 24.2 Å². The fourth-order valence-electron chi connectivity index (χ4n) is 1.70. The standard InChI is InChI=1S/C12H12FN3O3/c1-7-10(8(2)19-15-7)6-14-12-5-9(16(17)18)3-4-11(12)13/h3-5,14H,6H2,1-2H3. The predicted molar refractivity (Wildman–Crippen MR) is 66.4 cm³/mol. The number of nitrogens with one attached hydrogen (secondary N) is 1. The maximum Gasteiger partial charge on any atom is 0.271 e. The Hall–Kier alpha value is -2.44. The summed E-state index contributed by atoms with van der Waals surface area (Å²) < 4.78 is 18.5. The van der Waals surface area contributed by atoms with Crippen molar-refractivity contribution in [2.75, 3.05) is 5.32 Å². The van der Waals surface area contributed by atoms with Crippen LogP contribution in [0.5, 0.6) is 0 Å². The van der Waals surface area contributed by atoms with E-state index in [1.807, 2.05) is 0 Å². The quantitative estimate of drug-likeness (QED) is 0.679. The molecule has 19 heavy (non-hydrogen) atoms. The summed E-state index contributed by atoms with van der Waals surface area (Å²) in [4.78, 5) is 10.1. The van der Waals surface area contributed by atoms with E-state index in [1.165, 1.54) is 0 Å². The molecule has 0 amide bonds. The van der Waals surface area contributed by atoms with Gasteiger partial charge < -0.3 is 9.84 Å². The van der Waals surface area contributed by atoms with E-state index >= 15 is 0 Å². The highest BCUT2D eigenvalue weighted by Crippen LogP contribution is 2.22. The fourth-order valence-corrected chi connectivity index (χ4v) is 1.70. The Morgan fingerprint density at radius 2 is 2.21 bits per heavy atom. The zero-order valence-corrected chi connectivity index (χ0v) is 10.4. The molecular formula is C12H12FN3O3. The van der Waals surface area contributed by atoms with Gasteiger partial charge in [-0.3, -0.25) is 10.1 Å². The number of non-ortho nitro benzene ring substituents is 1. The van der Waals surface area contributed by atoms with Crippen LogP contribution in [-0.4, -0.2) is 10.1 Å². The van der Waals surface area contributed by atoms with Crippen LogP contribution in [0, 0.1) is 29.8 Å². The molecule has 0 unspecified atom stereocenters. The molecule has 0 aliphatic carbocycles. The van der Waals surface area contributed by atoms with Crippen molar-refractivity contribution in [1.29, 1.82) is 0 Å². The van der Waals surface area contributed by atoms with E-state index in [0.717, 1.165) is 23.8 Å². The van der Waals surface area contributed by atoms with Crippen LogP contribution >= 0.6 is 0 Å². The van der Waals surface area contributed by atoms with Crippen molar-refractivity contribution in [3.63, 3.8) is 0 Å². The molecule has 1 aromatic carbocycles. The van der Waals surface area contributed by atoms with Gasteiger partial charge in [0.05, 0.1) is 16.3 Å². The number of nitrogens with zero attached hydrogens (tertiary/aromatic N) is 2. The molecule has 0 aliphatic rings. The first-order chi connectivity index (χ1) is 8.99. The van der Waals surface area contributed by atoms with E-state index in [-0.39, 0.29) is 11.4 Å². The number of nitro benzene ring substituents is 1. The van der Waals surface area contributed by atoms with Crippen LogP contribution in [0.1, 0.15) is 17.0 Å². The topological polar surface area (TPSA) is 81.2 Å². The molecule has 0 saturated heterocycles. The van der Waals surface area contributed by atoms with E-state index in [1.54, 1.807) is 13.8 Å². The van der Waals surface area contributed by atoms with Crippen molar-refractivity contribution in [3.8, 4) is 0 Å². The lowest BCUT2D eigenvalue weighted by atomic mass is 10.2. The molecule has 1 N–H and O–H groups in total. The van der Waals surface area contributed by atoms with Gasteiger partial charge in [-0.25, -0.2) is 4.39 Å². The van der Waals surface area contributed by atoms with Gasteiger partial charge in [0.25, 0.3) is 5.69 Å². The van der Waals surface area contributed by atoms with E-state index in [4.69, 9.17) is 4.52 Å². The van der Waals surface area contributed by atoms with E-state index in [2.05, 4.69) is 10.5 Å². The highest BCUT2D eigenvalue weighted by atomic mass is 19.1. The lowest BCUT2D eigenvalue weighted by molar-refractivity contribution is -0.384. The first kappa shape index (κ1) is 13.0. The highest BCUT2D eigenvalue weighted by molar-refractivity contribution is 5.52. The number of rotatable bonds is 4. The van der Waals surface area contributed by atoms with Gasteiger partial charge in [-0.2, -0.15) is 0 Å². The normalized spacial score (nSPS) is 10.5. The third-order valence-electron chi connectivity index (χ3n) is 2.80. The number of aryl methyl sites for hydroxylation is 2. The average molecular weight is 265 g/mol. The van der Waals surface area contributed by atoms with Crippen LogP contribution in [0.25, 0.3) is 0 Å². The van der Waals surface area contributed by atoms with Gasteiger partial charge in [0.1, 0.15) is 11.6 Å². The molecule has 0 bridgehead atoms. The number of hydrogen-bond donors (Lipinski definition) is 1. The van der Waals surface area contributed by atoms with Crippen LogP contribution in [0.3, 0.4) is 0 Å². The van der Waals surface area contributed by atoms with Crippen molar-refractivity contribution < 1.29 is 13.8 Å². The maximum absolute atomic E-state index is 13.5. The summed E-state index contributed by atoms with van der Waals surface area (Å²) in [6.07, 6.45) is 0. The minimum Gasteiger partial charge on any atom is -0.378 e. The molecule has 1 aromatic heterocycles. The van der Waals surface area contributed by atoms with Crippen LogP contribution in [0.2, 0.25) is 0 Å². The van der Waals surface area contributed by atoms with Crippen molar-refractivity contribution in [2.24, 2.45) is 0 Å². The van der Waals surface area contributed by atoms with Crippen molar-refractivity contribution in [3.05, 3.63) is 51.1 Å². The molecule has 2 aromatic rings. The van der Waals surface area contributed by atoms with Crippen molar-refractivity contribution >= 4 is 11.4 Å². The van der Waals surface area contributed by atoms with Crippen LogP contribution < -0.4 is 5.32 Å². The second-order valence-corrected chi connectivity index (χ2v) is 4.08. The molecular weight excluding hydrogens is 253 g/mol. The van der Waals surface area contributed by atoms with Gasteiger partial charge in [0.15, 0.2) is 0 Å². The van der Waals surface area contributed by atoms with Gasteiger partial charge in [-0.1, -0.05) is 5.16 Å². The number of halogens is 1. The second kappa shape index (κ2) is 5.05. The molecule has 1 heterocycles. The lowest BCUT2D eigenvalue weighted by Gasteiger charge is -2.07. The number of nitro groups is 1. The Morgan fingerprint density at radius 3 is 2.79 bits per heavy atom. The minimum absolute atomic E-state index is 0.0780. The minimum atomic E-state index is -0.569. The number of hydrogen-bond acceptors (Lipinski definition) is 5. The Morgan fingerprint density at radius 1 is 1.47 bits per heavy atom. The summed E-state index contributed by atoms with van der Waals surface area (Å²) in [5.41, 5.74) is 1.43. The molecule has 0 radical (unpaired) electrons. The predicted octanol–water partition coefficient (Wildman–Crippen LogP) is 2.95. The molecule has 7 heteroatoms. The summed E-state index contributed by atoms with van der Waals surface area (Å²) in [5.74, 6) is 0.0909. The van der Waals surface area contributed by atoms with Gasteiger partial charge in [0.2, 0.25) is 0 Å². The lowest BCUT2D eigenvalue weighted by Crippen LogP contribution is -2.03. The Labute approximate surface area is 108 Å². The summed E-state index contributed by atoms with van der Waals surface area (Å²) >= 11 is 0. The summed E-state index contributed by atoms with van der Waals surface area (Å²) in [6, 6.07) is 3.34. The van der Waals surface area contributed by atoms with Crippen LogP contribution in [0.4, 0.5) is 15.8 Å². The monoisotopic (exact) mass is 265 g/mol. The summed E-state index contributed by atoms with van der Waals surface area (Å²) in [5, 5.41) is 17.2. The first-order valence-electron chi connectivity index (χ1n) is 5.58. The van der Waals surface area contributed by atoms with E-state index < -0.39 is 10.7 Å². The van der Waals surface area contributed by atoms with E-state index in [0.29, 0.717) is 18.0 Å². The zero-order chi connectivity index (χ0) is 14.0. The molecule has 0 aliphatic heterocycles. The van der Waals surface area contributed by atoms with Gasteiger partial charge in [-0.05, 0) is 19.9 Å². The van der Waals surface area contributed by atoms with Gasteiger partial charge in [-0.15, -0.1) is 0 Å². The second-order valence-electron chi connectivity index (χ2n) is 4.08. The number of aromatic nitrogens is 1. The average Bonchev–Trinajstić information content (AvgIpc) is 2.68. The smallest absolute Gasteiger partial charge is 0.271 e. The van der Waals surface area contributed by atoms with Crippen LogP contribution in [0.15, 0.2) is 22.7 Å². The van der Waals surface area contributed by atoms with Crippen molar-refractivity contribution in [2.45, 2.75) is 20.4 Å². The molecule has 0 atom stereocenters. The Balaban J connectivity index is 2.20. The SMILES string of the molecule is Cc1noc(C)c1CNc1cc([N+](=O)[O-])ccc1F. The fraction of sp³-hybridized carbons (Fsp3) is 0.250. The zero-order valence-electron chi connectivity index (χ0n) is 10.4. The van der Waals surface area contributed by atoms with E-state index in [9.17, 15) is 14.5 Å². The summed E-state index contributed by atoms with van der Waals surface area (Å²) in [7, 11) is 0. The number of benzene rings is 1. The number of anilines is 1. The molecule has 0 saturated carbocycles. The first-order valence-corrected chi connectivity index (χ1v) is 5.58.